The van der Waals surface area contributed by atoms with E-state index in [1.54, 1.807) is 0 Å². The Morgan fingerprint density at radius 2 is 1.75 bits per heavy atom. The van der Waals surface area contributed by atoms with Crippen LogP contribution in [-0.4, -0.2) is 19.6 Å². The zero-order valence-corrected chi connectivity index (χ0v) is 11.3. The fourth-order valence-electron chi connectivity index (χ4n) is 2.23. The molecule has 2 N–H and O–H groups in total. The van der Waals surface area contributed by atoms with Crippen LogP contribution in [0.1, 0.15) is 31.2 Å². The Morgan fingerprint density at radius 3 is 2.30 bits per heavy atom. The van der Waals surface area contributed by atoms with Crippen LogP contribution in [-0.2, 0) is 16.2 Å². The molecule has 1 fully saturated rings. The summed E-state index contributed by atoms with van der Waals surface area (Å²) in [4.78, 5) is -0.572. The van der Waals surface area contributed by atoms with Crippen LogP contribution in [0, 0.1) is 0 Å². The van der Waals surface area contributed by atoms with Gasteiger partial charge in [0.15, 0.2) is 0 Å². The lowest BCUT2D eigenvalue weighted by atomic mass is 10.2. The molecule has 4 nitrogen and oxygen atoms in total. The van der Waals surface area contributed by atoms with Crippen molar-refractivity contribution in [3.8, 4) is 5.75 Å². The van der Waals surface area contributed by atoms with E-state index in [2.05, 4.69) is 4.72 Å². The number of benzene rings is 1. The molecule has 112 valence electrons. The van der Waals surface area contributed by atoms with Crippen molar-refractivity contribution in [2.75, 3.05) is 0 Å². The summed E-state index contributed by atoms with van der Waals surface area (Å²) < 4.78 is 64.3. The second kappa shape index (κ2) is 5.25. The monoisotopic (exact) mass is 309 g/mol. The van der Waals surface area contributed by atoms with E-state index in [1.807, 2.05) is 0 Å². The Bertz CT molecular complexity index is 592. The van der Waals surface area contributed by atoms with Crippen LogP contribution in [0.2, 0.25) is 0 Å². The highest BCUT2D eigenvalue weighted by Gasteiger charge is 2.33. The first-order chi connectivity index (χ1) is 9.18. The fraction of sp³-hybridized carbons (Fsp3) is 0.500. The maximum absolute atomic E-state index is 12.6. The number of phenols is 1. The summed E-state index contributed by atoms with van der Waals surface area (Å²) in [5.74, 6) is -0.730. The SMILES string of the molecule is O=S(=O)(NC1CCCC1)c1cc(O)cc(C(F)(F)F)c1. The molecular formula is C12H14F3NO3S. The van der Waals surface area contributed by atoms with Crippen LogP contribution in [0.15, 0.2) is 23.1 Å². The third kappa shape index (κ3) is 3.43. The van der Waals surface area contributed by atoms with Crippen molar-refractivity contribution in [3.05, 3.63) is 23.8 Å². The number of hydrogen-bond donors (Lipinski definition) is 2. The molecule has 1 aromatic rings. The summed E-state index contributed by atoms with van der Waals surface area (Å²) in [6.07, 6.45) is -1.59. The topological polar surface area (TPSA) is 66.4 Å². The molecule has 0 amide bonds. The van der Waals surface area contributed by atoms with Crippen LogP contribution in [0.3, 0.4) is 0 Å². The zero-order chi connectivity index (χ0) is 15.0. The summed E-state index contributed by atoms with van der Waals surface area (Å²) in [6, 6.07) is 1.58. The number of alkyl halides is 3. The van der Waals surface area contributed by atoms with Crippen molar-refractivity contribution >= 4 is 10.0 Å². The van der Waals surface area contributed by atoms with Crippen molar-refractivity contribution in [1.29, 1.82) is 0 Å². The Hall–Kier alpha value is -1.28. The van der Waals surface area contributed by atoms with Gasteiger partial charge in [0.2, 0.25) is 10.0 Å². The third-order valence-electron chi connectivity index (χ3n) is 3.21. The van der Waals surface area contributed by atoms with E-state index in [9.17, 15) is 26.7 Å². The molecule has 8 heteroatoms. The zero-order valence-electron chi connectivity index (χ0n) is 10.4. The predicted octanol–water partition coefficient (Wildman–Crippen LogP) is 2.63. The third-order valence-corrected chi connectivity index (χ3v) is 4.71. The fourth-order valence-corrected chi connectivity index (χ4v) is 3.60. The molecule has 1 aliphatic rings. The van der Waals surface area contributed by atoms with Gasteiger partial charge in [-0.3, -0.25) is 0 Å². The second-order valence-corrected chi connectivity index (χ2v) is 6.53. The van der Waals surface area contributed by atoms with Gasteiger partial charge >= 0.3 is 6.18 Å². The molecule has 0 radical (unpaired) electrons. The van der Waals surface area contributed by atoms with Gasteiger partial charge in [-0.05, 0) is 31.0 Å². The van der Waals surface area contributed by atoms with Gasteiger partial charge < -0.3 is 5.11 Å². The van der Waals surface area contributed by atoms with Crippen LogP contribution in [0.5, 0.6) is 5.75 Å². The molecule has 1 saturated carbocycles. The minimum Gasteiger partial charge on any atom is -0.508 e. The van der Waals surface area contributed by atoms with Gasteiger partial charge in [0, 0.05) is 6.04 Å². The van der Waals surface area contributed by atoms with Crippen molar-refractivity contribution in [1.82, 2.24) is 4.72 Å². The summed E-state index contributed by atoms with van der Waals surface area (Å²) in [5, 5.41) is 9.29. The minimum absolute atomic E-state index is 0.253. The van der Waals surface area contributed by atoms with Crippen molar-refractivity contribution < 1.29 is 26.7 Å². The van der Waals surface area contributed by atoms with Crippen molar-refractivity contribution in [3.63, 3.8) is 0 Å². The number of sulfonamides is 1. The summed E-state index contributed by atoms with van der Waals surface area (Å²) in [7, 11) is -4.06. The van der Waals surface area contributed by atoms with E-state index >= 15 is 0 Å². The molecule has 0 aromatic heterocycles. The number of aromatic hydroxyl groups is 1. The van der Waals surface area contributed by atoms with E-state index in [4.69, 9.17) is 0 Å². The molecule has 20 heavy (non-hydrogen) atoms. The lowest BCUT2D eigenvalue weighted by Crippen LogP contribution is -2.32. The second-order valence-electron chi connectivity index (χ2n) is 4.82. The molecule has 0 saturated heterocycles. The molecule has 0 bridgehead atoms. The van der Waals surface area contributed by atoms with Gasteiger partial charge in [0.25, 0.3) is 0 Å². The van der Waals surface area contributed by atoms with Gasteiger partial charge in [-0.15, -0.1) is 0 Å². The Labute approximate surface area is 114 Å². The smallest absolute Gasteiger partial charge is 0.416 e. The Balaban J connectivity index is 2.33. The van der Waals surface area contributed by atoms with E-state index in [-0.39, 0.29) is 6.04 Å². The predicted molar refractivity (Wildman–Crippen MR) is 65.7 cm³/mol. The maximum atomic E-state index is 12.6. The van der Waals surface area contributed by atoms with E-state index in [0.29, 0.717) is 25.0 Å². The quantitative estimate of drug-likeness (QED) is 0.902. The Kier molecular flexibility index (Phi) is 3.97. The Morgan fingerprint density at radius 1 is 1.15 bits per heavy atom. The molecule has 0 atom stereocenters. The summed E-state index contributed by atoms with van der Waals surface area (Å²) in [6.45, 7) is 0. The van der Waals surface area contributed by atoms with Gasteiger partial charge in [-0.2, -0.15) is 13.2 Å². The number of phenolic OH excluding ortho intramolecular Hbond substituents is 1. The molecule has 1 aliphatic carbocycles. The normalized spacial score (nSPS) is 17.6. The first kappa shape index (κ1) is 15.1. The van der Waals surface area contributed by atoms with Crippen LogP contribution >= 0.6 is 0 Å². The molecule has 0 aliphatic heterocycles. The summed E-state index contributed by atoms with van der Waals surface area (Å²) >= 11 is 0. The van der Waals surface area contributed by atoms with Crippen LogP contribution in [0.4, 0.5) is 13.2 Å². The minimum atomic E-state index is -4.71. The standard InChI is InChI=1S/C12H14F3NO3S/c13-12(14,15)8-5-10(17)7-11(6-8)20(18,19)16-9-3-1-2-4-9/h5-7,9,16-17H,1-4H2. The van der Waals surface area contributed by atoms with Crippen LogP contribution in [0.25, 0.3) is 0 Å². The molecule has 0 spiro atoms. The molecular weight excluding hydrogens is 295 g/mol. The first-order valence-corrected chi connectivity index (χ1v) is 7.60. The van der Waals surface area contributed by atoms with Gasteiger partial charge in [0.1, 0.15) is 5.75 Å². The van der Waals surface area contributed by atoms with Crippen LogP contribution < -0.4 is 4.72 Å². The molecule has 2 rings (SSSR count). The van der Waals surface area contributed by atoms with Gasteiger partial charge in [0.05, 0.1) is 10.5 Å². The summed E-state index contributed by atoms with van der Waals surface area (Å²) in [5.41, 5.74) is -1.19. The highest BCUT2D eigenvalue weighted by Crippen LogP contribution is 2.33. The highest BCUT2D eigenvalue weighted by atomic mass is 32.2. The van der Waals surface area contributed by atoms with E-state index in [0.717, 1.165) is 18.9 Å². The van der Waals surface area contributed by atoms with E-state index < -0.39 is 32.4 Å². The van der Waals surface area contributed by atoms with Gasteiger partial charge in [-0.1, -0.05) is 12.8 Å². The number of halogens is 3. The maximum Gasteiger partial charge on any atom is 0.416 e. The van der Waals surface area contributed by atoms with Gasteiger partial charge in [-0.25, -0.2) is 13.1 Å². The lowest BCUT2D eigenvalue weighted by molar-refractivity contribution is -0.137. The average molecular weight is 309 g/mol. The molecule has 1 aromatic carbocycles. The van der Waals surface area contributed by atoms with Crippen molar-refractivity contribution in [2.45, 2.75) is 42.8 Å². The number of rotatable bonds is 3. The lowest BCUT2D eigenvalue weighted by Gasteiger charge is -2.14. The first-order valence-electron chi connectivity index (χ1n) is 6.12. The molecule has 0 unspecified atom stereocenters. The van der Waals surface area contributed by atoms with E-state index in [1.165, 1.54) is 0 Å². The highest BCUT2D eigenvalue weighted by molar-refractivity contribution is 7.89. The number of nitrogens with one attached hydrogen (secondary N) is 1. The molecule has 0 heterocycles. The average Bonchev–Trinajstić information content (AvgIpc) is 2.79. The van der Waals surface area contributed by atoms with Crippen molar-refractivity contribution in [2.24, 2.45) is 0 Å². The largest absolute Gasteiger partial charge is 0.508 e. The number of hydrogen-bond acceptors (Lipinski definition) is 3.